The molecular weight excluding hydrogens is 363 g/mol. The van der Waals surface area contributed by atoms with Crippen LogP contribution in [0.4, 0.5) is 13.2 Å². The zero-order valence-corrected chi connectivity index (χ0v) is 13.8. The van der Waals surface area contributed by atoms with Crippen molar-refractivity contribution in [3.05, 3.63) is 60.7 Å². The van der Waals surface area contributed by atoms with Crippen LogP contribution in [0.2, 0.25) is 0 Å². The van der Waals surface area contributed by atoms with Gasteiger partial charge in [-0.2, -0.15) is 0 Å². The molecule has 10 heteroatoms. The van der Waals surface area contributed by atoms with Crippen LogP contribution in [0.1, 0.15) is 10.4 Å². The lowest BCUT2D eigenvalue weighted by molar-refractivity contribution is -0.274. The summed E-state index contributed by atoms with van der Waals surface area (Å²) in [7, 11) is 0. The monoisotopic (exact) mass is 377 g/mol. The lowest BCUT2D eigenvalue weighted by atomic mass is 10.2. The summed E-state index contributed by atoms with van der Waals surface area (Å²) in [5, 5.41) is 2.69. The van der Waals surface area contributed by atoms with Crippen LogP contribution in [0.3, 0.4) is 0 Å². The maximum absolute atomic E-state index is 12.1. The number of benzene rings is 1. The Morgan fingerprint density at radius 2 is 1.78 bits per heavy atom. The topological polar surface area (TPSA) is 81.9 Å². The Labute approximate surface area is 151 Å². The molecule has 1 aromatic carbocycles. The van der Waals surface area contributed by atoms with Crippen molar-refractivity contribution in [3.63, 3.8) is 0 Å². The molecule has 0 spiro atoms. The van der Waals surface area contributed by atoms with E-state index in [0.29, 0.717) is 18.2 Å². The van der Waals surface area contributed by atoms with E-state index in [9.17, 15) is 18.0 Å². The molecule has 0 radical (unpaired) electrons. The molecule has 0 fully saturated rings. The lowest BCUT2D eigenvalue weighted by Gasteiger charge is -2.10. The van der Waals surface area contributed by atoms with Crippen LogP contribution in [0.25, 0.3) is 11.6 Å². The Morgan fingerprint density at radius 3 is 2.44 bits per heavy atom. The number of alkyl halides is 3. The van der Waals surface area contributed by atoms with Gasteiger partial charge in [-0.1, -0.05) is 0 Å². The number of amides is 1. The molecule has 1 amide bonds. The van der Waals surface area contributed by atoms with Crippen molar-refractivity contribution in [3.8, 4) is 17.4 Å². The normalized spacial score (nSPS) is 11.2. The molecule has 0 unspecified atom stereocenters. The highest BCUT2D eigenvalue weighted by Gasteiger charge is 2.31. The van der Waals surface area contributed by atoms with Gasteiger partial charge in [-0.3, -0.25) is 4.79 Å². The fourth-order valence-corrected chi connectivity index (χ4v) is 2.31. The summed E-state index contributed by atoms with van der Waals surface area (Å²) in [5.74, 6) is 0.240. The molecule has 7 nitrogen and oxygen atoms in total. The third kappa shape index (κ3) is 5.03. The van der Waals surface area contributed by atoms with Gasteiger partial charge in [0.1, 0.15) is 5.75 Å². The van der Waals surface area contributed by atoms with E-state index >= 15 is 0 Å². The van der Waals surface area contributed by atoms with Gasteiger partial charge in [-0.25, -0.2) is 15.0 Å². The first-order chi connectivity index (χ1) is 12.9. The third-order valence-electron chi connectivity index (χ3n) is 3.47. The Morgan fingerprint density at radius 1 is 1.07 bits per heavy atom. The Hall–Kier alpha value is -3.43. The van der Waals surface area contributed by atoms with Gasteiger partial charge < -0.3 is 14.6 Å². The molecular formula is C17H14F3N5O2. The van der Waals surface area contributed by atoms with E-state index in [0.717, 1.165) is 12.1 Å². The quantitative estimate of drug-likeness (QED) is 0.714. The largest absolute Gasteiger partial charge is 0.573 e. The molecule has 2 aromatic heterocycles. The van der Waals surface area contributed by atoms with Crippen molar-refractivity contribution < 1.29 is 22.7 Å². The summed E-state index contributed by atoms with van der Waals surface area (Å²) in [6.07, 6.45) is 1.79. The van der Waals surface area contributed by atoms with Crippen LogP contribution in [0, 0.1) is 0 Å². The summed E-state index contributed by atoms with van der Waals surface area (Å²) in [5.41, 5.74) is 0.224. The molecule has 0 saturated carbocycles. The number of imidazole rings is 1. The highest BCUT2D eigenvalue weighted by molar-refractivity contribution is 5.94. The van der Waals surface area contributed by atoms with Crippen LogP contribution < -0.4 is 10.1 Å². The Balaban J connectivity index is 1.55. The van der Waals surface area contributed by atoms with Gasteiger partial charge in [-0.05, 0) is 30.3 Å². The minimum absolute atomic E-state index is 0.224. The van der Waals surface area contributed by atoms with Gasteiger partial charge in [0.2, 0.25) is 0 Å². The highest BCUT2D eigenvalue weighted by Crippen LogP contribution is 2.22. The lowest BCUT2D eigenvalue weighted by Crippen LogP contribution is -2.27. The van der Waals surface area contributed by atoms with E-state index in [4.69, 9.17) is 0 Å². The van der Waals surface area contributed by atoms with E-state index < -0.39 is 12.3 Å². The number of nitrogens with zero attached hydrogens (tertiary/aromatic N) is 4. The van der Waals surface area contributed by atoms with Crippen LogP contribution in [-0.4, -0.2) is 38.3 Å². The number of carbonyl (C=O) groups is 1. The molecule has 3 aromatic rings. The molecule has 2 heterocycles. The molecule has 0 atom stereocenters. The van der Waals surface area contributed by atoms with Crippen LogP contribution in [0.15, 0.2) is 55.1 Å². The molecule has 27 heavy (non-hydrogen) atoms. The number of hydrogen-bond acceptors (Lipinski definition) is 5. The predicted octanol–water partition coefficient (Wildman–Crippen LogP) is 2.67. The van der Waals surface area contributed by atoms with Crippen molar-refractivity contribution in [2.75, 3.05) is 6.54 Å². The fraction of sp³-hybridized carbons (Fsp3) is 0.176. The summed E-state index contributed by atoms with van der Waals surface area (Å²) in [4.78, 5) is 24.6. The van der Waals surface area contributed by atoms with Crippen molar-refractivity contribution >= 4 is 5.91 Å². The zero-order chi connectivity index (χ0) is 19.3. The summed E-state index contributed by atoms with van der Waals surface area (Å²) >= 11 is 0. The number of halogens is 3. The van der Waals surface area contributed by atoms with Gasteiger partial charge in [0.15, 0.2) is 11.6 Å². The minimum Gasteiger partial charge on any atom is -0.406 e. The average molecular weight is 377 g/mol. The highest BCUT2D eigenvalue weighted by atomic mass is 19.4. The van der Waals surface area contributed by atoms with Crippen molar-refractivity contribution in [1.29, 1.82) is 0 Å². The Bertz CT molecular complexity index is 895. The molecule has 0 aliphatic heterocycles. The predicted molar refractivity (Wildman–Crippen MR) is 88.7 cm³/mol. The molecule has 0 aliphatic rings. The maximum Gasteiger partial charge on any atom is 0.573 e. The first-order valence-corrected chi connectivity index (χ1v) is 7.85. The van der Waals surface area contributed by atoms with Gasteiger partial charge in [0.05, 0.1) is 0 Å². The first-order valence-electron chi connectivity index (χ1n) is 7.85. The maximum atomic E-state index is 12.1. The fourth-order valence-electron chi connectivity index (χ4n) is 2.31. The number of ether oxygens (including phenoxy) is 1. The van der Waals surface area contributed by atoms with E-state index in [2.05, 4.69) is 25.0 Å². The number of aromatic nitrogens is 4. The van der Waals surface area contributed by atoms with Gasteiger partial charge in [0.25, 0.3) is 5.91 Å². The molecule has 0 aliphatic carbocycles. The van der Waals surface area contributed by atoms with E-state index in [1.807, 2.05) is 0 Å². The van der Waals surface area contributed by atoms with E-state index in [1.165, 1.54) is 12.1 Å². The number of rotatable bonds is 6. The SMILES string of the molecule is O=C(NCCn1ccnc1-c1ncccn1)c1ccc(OC(F)(F)F)cc1. The number of hydrogen-bond donors (Lipinski definition) is 1. The number of carbonyl (C=O) groups excluding carboxylic acids is 1. The van der Waals surface area contributed by atoms with Gasteiger partial charge >= 0.3 is 6.36 Å². The summed E-state index contributed by atoms with van der Waals surface area (Å²) < 4.78 is 42.0. The van der Waals surface area contributed by atoms with Crippen molar-refractivity contribution in [2.45, 2.75) is 12.9 Å². The van der Waals surface area contributed by atoms with Crippen molar-refractivity contribution in [2.24, 2.45) is 0 Å². The molecule has 0 bridgehead atoms. The molecule has 3 rings (SSSR count). The number of nitrogens with one attached hydrogen (secondary N) is 1. The second-order valence-electron chi connectivity index (χ2n) is 5.34. The molecule has 140 valence electrons. The second-order valence-corrected chi connectivity index (χ2v) is 5.34. The summed E-state index contributed by atoms with van der Waals surface area (Å²) in [6.45, 7) is 0.713. The second kappa shape index (κ2) is 7.85. The third-order valence-corrected chi connectivity index (χ3v) is 3.47. The summed E-state index contributed by atoms with van der Waals surface area (Å²) in [6, 6.07) is 6.39. The average Bonchev–Trinajstić information content (AvgIpc) is 3.10. The minimum atomic E-state index is -4.77. The van der Waals surface area contributed by atoms with E-state index in [1.54, 1.807) is 35.4 Å². The van der Waals surface area contributed by atoms with Crippen molar-refractivity contribution in [1.82, 2.24) is 24.8 Å². The van der Waals surface area contributed by atoms with E-state index in [-0.39, 0.29) is 17.9 Å². The first kappa shape index (κ1) is 18.4. The zero-order valence-electron chi connectivity index (χ0n) is 13.8. The molecule has 0 saturated heterocycles. The van der Waals surface area contributed by atoms with Gasteiger partial charge in [0, 0.05) is 43.4 Å². The van der Waals surface area contributed by atoms with Gasteiger partial charge in [-0.15, -0.1) is 13.2 Å². The standard InChI is InChI=1S/C17H14F3N5O2/c18-17(19,20)27-13-4-2-12(3-5-13)16(26)24-9-11-25-10-8-23-15(25)14-21-6-1-7-22-14/h1-8,10H,9,11H2,(H,24,26). The smallest absolute Gasteiger partial charge is 0.406 e. The van der Waals surface area contributed by atoms with Crippen LogP contribution in [-0.2, 0) is 6.54 Å². The van der Waals surface area contributed by atoms with Crippen LogP contribution in [0.5, 0.6) is 5.75 Å². The van der Waals surface area contributed by atoms with Crippen LogP contribution >= 0.6 is 0 Å². The molecule has 1 N–H and O–H groups in total. The Kier molecular flexibility index (Phi) is 5.34.